The zero-order valence-electron chi connectivity index (χ0n) is 16.4. The molecule has 0 aliphatic carbocycles. The summed E-state index contributed by atoms with van der Waals surface area (Å²) in [6.07, 6.45) is 6.91. The summed E-state index contributed by atoms with van der Waals surface area (Å²) in [6, 6.07) is 3.67. The second-order valence-corrected chi connectivity index (χ2v) is 7.28. The highest BCUT2D eigenvalue weighted by molar-refractivity contribution is 7.98. The molecule has 0 unspecified atom stereocenters. The predicted molar refractivity (Wildman–Crippen MR) is 114 cm³/mol. The van der Waals surface area contributed by atoms with Crippen LogP contribution < -0.4 is 5.56 Å². The number of fused-ring (bicyclic) bond motifs is 2. The molecule has 4 heterocycles. The molecular formula is C20H20N6O2S. The molecule has 4 rings (SSSR count). The lowest BCUT2D eigenvalue weighted by atomic mass is 10.1. The summed E-state index contributed by atoms with van der Waals surface area (Å²) < 4.78 is 5.16. The minimum atomic E-state index is -0.204. The summed E-state index contributed by atoms with van der Waals surface area (Å²) in [7, 11) is 0. The third-order valence-electron chi connectivity index (χ3n) is 4.78. The first-order chi connectivity index (χ1) is 14.0. The Morgan fingerprint density at radius 2 is 2.03 bits per heavy atom. The first-order valence-corrected chi connectivity index (χ1v) is 10.4. The number of aromatic nitrogens is 6. The van der Waals surface area contributed by atoms with Crippen molar-refractivity contribution in [2.75, 3.05) is 6.26 Å². The molecule has 0 aliphatic heterocycles. The van der Waals surface area contributed by atoms with Crippen LogP contribution in [0.4, 0.5) is 0 Å². The molecule has 4 aromatic heterocycles. The second-order valence-electron chi connectivity index (χ2n) is 6.51. The molecule has 0 radical (unpaired) electrons. The lowest BCUT2D eigenvalue weighted by molar-refractivity contribution is 0.101. The minimum Gasteiger partial charge on any atom is -0.332 e. The molecule has 0 spiro atoms. The summed E-state index contributed by atoms with van der Waals surface area (Å²) >= 11 is 1.40. The molecule has 0 bridgehead atoms. The van der Waals surface area contributed by atoms with Crippen LogP contribution >= 0.6 is 11.8 Å². The van der Waals surface area contributed by atoms with Gasteiger partial charge in [0.05, 0.1) is 6.54 Å². The van der Waals surface area contributed by atoms with Crippen molar-refractivity contribution in [3.63, 3.8) is 0 Å². The molecule has 4 aromatic rings. The van der Waals surface area contributed by atoms with Crippen LogP contribution in [0.3, 0.4) is 0 Å². The van der Waals surface area contributed by atoms with Gasteiger partial charge in [0.1, 0.15) is 11.0 Å². The summed E-state index contributed by atoms with van der Waals surface area (Å²) in [5, 5.41) is 1.78. The van der Waals surface area contributed by atoms with E-state index in [4.69, 9.17) is 4.98 Å². The molecule has 0 aliphatic rings. The maximum Gasteiger partial charge on any atom is 0.278 e. The van der Waals surface area contributed by atoms with Gasteiger partial charge in [-0.25, -0.2) is 24.3 Å². The zero-order valence-corrected chi connectivity index (χ0v) is 17.2. The van der Waals surface area contributed by atoms with Crippen molar-refractivity contribution in [2.24, 2.45) is 0 Å². The molecule has 0 aromatic carbocycles. The van der Waals surface area contributed by atoms with Crippen LogP contribution in [0.5, 0.6) is 0 Å². The maximum atomic E-state index is 12.9. The van der Waals surface area contributed by atoms with Crippen molar-refractivity contribution in [1.82, 2.24) is 28.9 Å². The molecule has 9 heteroatoms. The van der Waals surface area contributed by atoms with Crippen molar-refractivity contribution < 1.29 is 4.79 Å². The van der Waals surface area contributed by atoms with Crippen molar-refractivity contribution >= 4 is 39.6 Å². The summed E-state index contributed by atoms with van der Waals surface area (Å²) in [5.41, 5.74) is 1.61. The SMILES string of the molecule is C=CCn1c(=O)c2cnc(SC)nc2n1-c1ccc2c(C(C)=O)cn(CC)c2n1. The number of carbonyl (C=O) groups excluding carboxylic acids is 1. The average molecular weight is 408 g/mol. The fourth-order valence-corrected chi connectivity index (χ4v) is 3.76. The number of thioether (sulfide) groups is 1. The fraction of sp³-hybridized carbons (Fsp3) is 0.250. The van der Waals surface area contributed by atoms with Crippen LogP contribution in [0, 0.1) is 0 Å². The van der Waals surface area contributed by atoms with Crippen molar-refractivity contribution in [1.29, 1.82) is 0 Å². The van der Waals surface area contributed by atoms with Crippen LogP contribution in [-0.4, -0.2) is 40.9 Å². The van der Waals surface area contributed by atoms with Gasteiger partial charge in [0.15, 0.2) is 22.4 Å². The quantitative estimate of drug-likeness (QED) is 0.211. The minimum absolute atomic E-state index is 0.0101. The Morgan fingerprint density at radius 3 is 2.69 bits per heavy atom. The van der Waals surface area contributed by atoms with Crippen LogP contribution in [0.15, 0.2) is 47.1 Å². The van der Waals surface area contributed by atoms with Gasteiger partial charge in [-0.15, -0.1) is 6.58 Å². The van der Waals surface area contributed by atoms with Gasteiger partial charge in [0.25, 0.3) is 5.56 Å². The van der Waals surface area contributed by atoms with Gasteiger partial charge in [-0.3, -0.25) is 9.59 Å². The molecule has 0 N–H and O–H groups in total. The summed E-state index contributed by atoms with van der Waals surface area (Å²) in [5.74, 6) is 0.532. The number of aryl methyl sites for hydroxylation is 1. The Bertz CT molecular complexity index is 1330. The highest BCUT2D eigenvalue weighted by Crippen LogP contribution is 2.24. The number of hydrogen-bond donors (Lipinski definition) is 0. The zero-order chi connectivity index (χ0) is 20.7. The standard InChI is InChI=1S/C20H20N6O2S/c1-5-9-25-19(28)14-10-21-20(29-4)23-18(14)26(25)16-8-7-13-15(12(3)27)11-24(6-2)17(13)22-16/h5,7-8,10-11H,1,6,9H2,2-4H3. The lowest BCUT2D eigenvalue weighted by Gasteiger charge is -2.11. The number of carbonyl (C=O) groups is 1. The van der Waals surface area contributed by atoms with Gasteiger partial charge < -0.3 is 4.57 Å². The Labute approximate surface area is 170 Å². The summed E-state index contributed by atoms with van der Waals surface area (Å²) in [6.45, 7) is 8.28. The van der Waals surface area contributed by atoms with E-state index in [2.05, 4.69) is 16.5 Å². The summed E-state index contributed by atoms with van der Waals surface area (Å²) in [4.78, 5) is 38.5. The first kappa shape index (κ1) is 19.1. The molecule has 0 saturated carbocycles. The van der Waals surface area contributed by atoms with Crippen LogP contribution in [0.25, 0.3) is 27.9 Å². The maximum absolute atomic E-state index is 12.9. The monoisotopic (exact) mass is 408 g/mol. The van der Waals surface area contributed by atoms with E-state index in [0.717, 1.165) is 5.39 Å². The topological polar surface area (TPSA) is 87.6 Å². The Morgan fingerprint density at radius 1 is 1.24 bits per heavy atom. The Kier molecular flexibility index (Phi) is 4.83. The third kappa shape index (κ3) is 2.98. The van der Waals surface area contributed by atoms with E-state index in [1.54, 1.807) is 29.9 Å². The predicted octanol–water partition coefficient (Wildman–Crippen LogP) is 3.06. The first-order valence-electron chi connectivity index (χ1n) is 9.14. The highest BCUT2D eigenvalue weighted by Gasteiger charge is 2.19. The molecule has 0 atom stereocenters. The van der Waals surface area contributed by atoms with Gasteiger partial charge in [0, 0.05) is 29.9 Å². The number of allylic oxidation sites excluding steroid dienone is 1. The van der Waals surface area contributed by atoms with Crippen LogP contribution in [0.1, 0.15) is 24.2 Å². The lowest BCUT2D eigenvalue weighted by Crippen LogP contribution is -2.22. The van der Waals surface area contributed by atoms with E-state index in [1.165, 1.54) is 16.4 Å². The number of rotatable bonds is 6. The molecule has 0 fully saturated rings. The number of Topliss-reactive ketones (excluding diaryl/α,β-unsaturated/α-hetero) is 1. The number of ketones is 1. The second kappa shape index (κ2) is 7.32. The Hall–Kier alpha value is -3.20. The van der Waals surface area contributed by atoms with E-state index < -0.39 is 0 Å². The van der Waals surface area contributed by atoms with Crippen molar-refractivity contribution in [3.8, 4) is 5.82 Å². The van der Waals surface area contributed by atoms with E-state index in [9.17, 15) is 9.59 Å². The van der Waals surface area contributed by atoms with Crippen LogP contribution in [-0.2, 0) is 13.1 Å². The Balaban J connectivity index is 2.06. The number of hydrogen-bond acceptors (Lipinski definition) is 6. The van der Waals surface area contributed by atoms with E-state index in [-0.39, 0.29) is 11.3 Å². The van der Waals surface area contributed by atoms with Gasteiger partial charge in [0.2, 0.25) is 0 Å². The van der Waals surface area contributed by atoms with Crippen LogP contribution in [0.2, 0.25) is 0 Å². The van der Waals surface area contributed by atoms with E-state index in [1.807, 2.05) is 30.0 Å². The fourth-order valence-electron chi connectivity index (χ4n) is 3.42. The largest absolute Gasteiger partial charge is 0.332 e. The normalized spacial score (nSPS) is 11.4. The smallest absolute Gasteiger partial charge is 0.278 e. The van der Waals surface area contributed by atoms with Gasteiger partial charge >= 0.3 is 0 Å². The highest BCUT2D eigenvalue weighted by atomic mass is 32.2. The van der Waals surface area contributed by atoms with Gasteiger partial charge in [-0.1, -0.05) is 17.8 Å². The average Bonchev–Trinajstić information content (AvgIpc) is 3.23. The number of nitrogens with zero attached hydrogens (tertiary/aromatic N) is 6. The van der Waals surface area contributed by atoms with Gasteiger partial charge in [-0.2, -0.15) is 0 Å². The van der Waals surface area contributed by atoms with Gasteiger partial charge in [-0.05, 0) is 32.2 Å². The molecule has 8 nitrogen and oxygen atoms in total. The molecule has 0 saturated heterocycles. The van der Waals surface area contributed by atoms with E-state index in [0.29, 0.717) is 46.3 Å². The van der Waals surface area contributed by atoms with E-state index >= 15 is 0 Å². The molecule has 29 heavy (non-hydrogen) atoms. The molecular weight excluding hydrogens is 388 g/mol. The molecule has 0 amide bonds. The van der Waals surface area contributed by atoms with Crippen molar-refractivity contribution in [2.45, 2.75) is 32.1 Å². The van der Waals surface area contributed by atoms with Crippen molar-refractivity contribution in [3.05, 3.63) is 53.1 Å². The molecule has 148 valence electrons. The number of pyridine rings is 1. The third-order valence-corrected chi connectivity index (χ3v) is 5.34.